The highest BCUT2D eigenvalue weighted by Crippen LogP contribution is 2.43. The summed E-state index contributed by atoms with van der Waals surface area (Å²) in [7, 11) is 0. The Morgan fingerprint density at radius 2 is 1.95 bits per heavy atom. The van der Waals surface area contributed by atoms with E-state index in [9.17, 15) is 19.5 Å². The number of carbonyl (C=O) groups is 3. The lowest BCUT2D eigenvalue weighted by atomic mass is 9.95. The van der Waals surface area contributed by atoms with Crippen LogP contribution in [0.5, 0.6) is 5.75 Å². The maximum absolute atomic E-state index is 13.4. The SMILES string of the molecule is C=CCOc1cccc(C2C(C(=O)C=Cc3ccccc3)=C(O)C(=O)N2c2nc(C)c(C(=O)OCC)s2)c1. The summed E-state index contributed by atoms with van der Waals surface area (Å²) in [6.45, 7) is 7.42. The number of ether oxygens (including phenoxy) is 2. The third kappa shape index (κ3) is 5.42. The number of nitrogens with zero attached hydrogens (tertiary/aromatic N) is 2. The Morgan fingerprint density at radius 1 is 1.18 bits per heavy atom. The molecule has 2 heterocycles. The highest BCUT2D eigenvalue weighted by molar-refractivity contribution is 7.17. The Hall–Kier alpha value is -4.50. The van der Waals surface area contributed by atoms with Gasteiger partial charge in [-0.15, -0.1) is 0 Å². The van der Waals surface area contributed by atoms with Crippen molar-refractivity contribution in [2.75, 3.05) is 18.1 Å². The molecule has 0 saturated carbocycles. The molecule has 0 fully saturated rings. The fourth-order valence-electron chi connectivity index (χ4n) is 4.00. The van der Waals surface area contributed by atoms with Crippen LogP contribution < -0.4 is 9.64 Å². The van der Waals surface area contributed by atoms with Crippen LogP contribution in [0, 0.1) is 6.92 Å². The van der Waals surface area contributed by atoms with Crippen molar-refractivity contribution in [2.24, 2.45) is 0 Å². The van der Waals surface area contributed by atoms with Crippen molar-refractivity contribution in [3.05, 3.63) is 106 Å². The molecule has 1 N–H and O–H groups in total. The van der Waals surface area contributed by atoms with Crippen LogP contribution >= 0.6 is 11.3 Å². The molecule has 194 valence electrons. The lowest BCUT2D eigenvalue weighted by Crippen LogP contribution is -2.30. The van der Waals surface area contributed by atoms with Gasteiger partial charge in [-0.05, 0) is 43.2 Å². The summed E-state index contributed by atoms with van der Waals surface area (Å²) in [5, 5.41) is 11.1. The average Bonchev–Trinajstić information content (AvgIpc) is 3.43. The van der Waals surface area contributed by atoms with E-state index >= 15 is 0 Å². The molecule has 1 aliphatic rings. The molecule has 38 heavy (non-hydrogen) atoms. The number of amides is 1. The molecule has 0 bridgehead atoms. The zero-order valence-electron chi connectivity index (χ0n) is 20.9. The van der Waals surface area contributed by atoms with Gasteiger partial charge in [-0.25, -0.2) is 9.78 Å². The fraction of sp³-hybridized carbons (Fsp3) is 0.172. The normalized spacial score (nSPS) is 15.3. The highest BCUT2D eigenvalue weighted by atomic mass is 32.1. The van der Waals surface area contributed by atoms with Crippen LogP contribution in [0.1, 0.15) is 39.5 Å². The Bertz CT molecular complexity index is 1440. The van der Waals surface area contributed by atoms with Crippen molar-refractivity contribution in [3.8, 4) is 5.75 Å². The third-order valence-electron chi connectivity index (χ3n) is 5.69. The molecule has 0 spiro atoms. The monoisotopic (exact) mass is 530 g/mol. The lowest BCUT2D eigenvalue weighted by Gasteiger charge is -2.24. The molecule has 4 rings (SSSR count). The van der Waals surface area contributed by atoms with Gasteiger partial charge in [0.15, 0.2) is 16.7 Å². The molecule has 0 radical (unpaired) electrons. The number of hydrogen-bond donors (Lipinski definition) is 1. The summed E-state index contributed by atoms with van der Waals surface area (Å²) in [6.07, 6.45) is 4.53. The van der Waals surface area contributed by atoms with Gasteiger partial charge in [-0.3, -0.25) is 14.5 Å². The maximum atomic E-state index is 13.4. The average molecular weight is 531 g/mol. The molecule has 1 aliphatic heterocycles. The standard InChI is InChI=1S/C29H26N2O6S/c1-4-16-37-21-13-9-12-20(17-21)24-23(22(32)15-14-19-10-7-6-8-11-19)25(33)27(34)31(24)29-30-18(3)26(38-29)28(35)36-5-2/h4,6-15,17,24,33H,1,5,16H2,2-3H3. The number of carbonyl (C=O) groups excluding carboxylic acids is 3. The molecule has 1 aromatic heterocycles. The number of benzene rings is 2. The van der Waals surface area contributed by atoms with Crippen LogP contribution in [0.4, 0.5) is 5.13 Å². The van der Waals surface area contributed by atoms with Gasteiger partial charge in [-0.2, -0.15) is 0 Å². The van der Waals surface area contributed by atoms with Crippen molar-refractivity contribution in [2.45, 2.75) is 19.9 Å². The van der Waals surface area contributed by atoms with E-state index < -0.39 is 29.5 Å². The molecule has 8 nitrogen and oxygen atoms in total. The predicted molar refractivity (Wildman–Crippen MR) is 145 cm³/mol. The van der Waals surface area contributed by atoms with E-state index in [1.807, 2.05) is 30.3 Å². The number of ketones is 1. The van der Waals surface area contributed by atoms with Gasteiger partial charge in [0.25, 0.3) is 5.91 Å². The van der Waals surface area contributed by atoms with Crippen molar-refractivity contribution < 1.29 is 29.0 Å². The maximum Gasteiger partial charge on any atom is 0.350 e. The summed E-state index contributed by atoms with van der Waals surface area (Å²) >= 11 is 0.959. The summed E-state index contributed by atoms with van der Waals surface area (Å²) < 4.78 is 10.8. The number of anilines is 1. The number of aliphatic hydroxyl groups excluding tert-OH is 1. The number of thiazole rings is 1. The zero-order valence-corrected chi connectivity index (χ0v) is 21.7. The minimum Gasteiger partial charge on any atom is -0.503 e. The van der Waals surface area contributed by atoms with Gasteiger partial charge in [0.1, 0.15) is 17.2 Å². The molecule has 0 aliphatic carbocycles. The van der Waals surface area contributed by atoms with Crippen molar-refractivity contribution in [1.29, 1.82) is 0 Å². The van der Waals surface area contributed by atoms with Gasteiger partial charge in [0.2, 0.25) is 0 Å². The molecule has 0 saturated heterocycles. The topological polar surface area (TPSA) is 106 Å². The highest BCUT2D eigenvalue weighted by Gasteiger charge is 2.45. The molecule has 1 amide bonds. The summed E-state index contributed by atoms with van der Waals surface area (Å²) in [5.74, 6) is -2.08. The quantitative estimate of drug-likeness (QED) is 0.213. The van der Waals surface area contributed by atoms with Crippen molar-refractivity contribution in [3.63, 3.8) is 0 Å². The molecule has 9 heteroatoms. The summed E-state index contributed by atoms with van der Waals surface area (Å²) in [6, 6.07) is 15.1. The van der Waals surface area contributed by atoms with Crippen molar-refractivity contribution >= 4 is 40.2 Å². The Labute approximate surface area is 224 Å². The smallest absolute Gasteiger partial charge is 0.350 e. The second-order valence-electron chi connectivity index (χ2n) is 8.25. The van der Waals surface area contributed by atoms with Crippen LogP contribution in [0.2, 0.25) is 0 Å². The second-order valence-corrected chi connectivity index (χ2v) is 9.23. The predicted octanol–water partition coefficient (Wildman–Crippen LogP) is 5.38. The first-order valence-electron chi connectivity index (χ1n) is 11.9. The van der Waals surface area contributed by atoms with Gasteiger partial charge < -0.3 is 14.6 Å². The van der Waals surface area contributed by atoms with Gasteiger partial charge in [0, 0.05) is 0 Å². The van der Waals surface area contributed by atoms with E-state index in [-0.39, 0.29) is 28.8 Å². The minimum atomic E-state index is -1.01. The Balaban J connectivity index is 1.80. The van der Waals surface area contributed by atoms with Crippen LogP contribution in [-0.4, -0.2) is 41.0 Å². The number of esters is 1. The lowest BCUT2D eigenvalue weighted by molar-refractivity contribution is -0.117. The first-order chi connectivity index (χ1) is 18.3. The minimum absolute atomic E-state index is 0.103. The van der Waals surface area contributed by atoms with E-state index in [2.05, 4.69) is 11.6 Å². The number of allylic oxidation sites excluding steroid dienone is 1. The van der Waals surface area contributed by atoms with Gasteiger partial charge in [-0.1, -0.05) is 72.5 Å². The number of rotatable bonds is 10. The molecular formula is C29H26N2O6S. The Kier molecular flexibility index (Phi) is 8.18. The zero-order chi connectivity index (χ0) is 27.2. The molecule has 1 atom stereocenters. The molecule has 3 aromatic rings. The molecular weight excluding hydrogens is 504 g/mol. The van der Waals surface area contributed by atoms with E-state index in [0.717, 1.165) is 16.9 Å². The van der Waals surface area contributed by atoms with E-state index in [0.29, 0.717) is 17.0 Å². The van der Waals surface area contributed by atoms with Crippen LogP contribution in [-0.2, 0) is 14.3 Å². The largest absolute Gasteiger partial charge is 0.503 e. The second kappa shape index (κ2) is 11.7. The Morgan fingerprint density at radius 3 is 2.66 bits per heavy atom. The molecule has 1 unspecified atom stereocenters. The number of aliphatic hydroxyl groups is 1. The van der Waals surface area contributed by atoms with Gasteiger partial charge >= 0.3 is 5.97 Å². The summed E-state index contributed by atoms with van der Waals surface area (Å²) in [4.78, 5) is 45.2. The van der Waals surface area contributed by atoms with Crippen LogP contribution in [0.25, 0.3) is 6.08 Å². The van der Waals surface area contributed by atoms with Crippen LogP contribution in [0.15, 0.2) is 84.7 Å². The summed E-state index contributed by atoms with van der Waals surface area (Å²) in [5.41, 5.74) is 1.58. The van der Waals surface area contributed by atoms with Crippen molar-refractivity contribution in [1.82, 2.24) is 4.98 Å². The fourth-order valence-corrected chi connectivity index (χ4v) is 4.98. The number of aromatic nitrogens is 1. The van der Waals surface area contributed by atoms with Crippen LogP contribution in [0.3, 0.4) is 0 Å². The van der Waals surface area contributed by atoms with E-state index in [4.69, 9.17) is 9.47 Å². The van der Waals surface area contributed by atoms with E-state index in [1.165, 1.54) is 11.0 Å². The first-order valence-corrected chi connectivity index (χ1v) is 12.7. The number of aryl methyl sites for hydroxylation is 1. The number of hydrogen-bond acceptors (Lipinski definition) is 8. The first kappa shape index (κ1) is 26.6. The van der Waals surface area contributed by atoms with Gasteiger partial charge in [0.05, 0.1) is 23.9 Å². The third-order valence-corrected chi connectivity index (χ3v) is 6.83. The molecule has 2 aromatic carbocycles. The van der Waals surface area contributed by atoms with E-state index in [1.54, 1.807) is 50.3 Å².